The highest BCUT2D eigenvalue weighted by molar-refractivity contribution is 7.93. The lowest BCUT2D eigenvalue weighted by atomic mass is 11.6. The van der Waals surface area contributed by atoms with Crippen molar-refractivity contribution in [2.75, 3.05) is 0 Å². The molecule has 5 heavy (non-hydrogen) atoms. The fourth-order valence-electron chi connectivity index (χ4n) is 0.0215. The average molecular weight is 109 g/mol. The Kier molecular flexibility index (Phi) is 4.37. The van der Waals surface area contributed by atoms with Gasteiger partial charge in [0.2, 0.25) is 0 Å². The molecule has 0 aromatic rings. The van der Waals surface area contributed by atoms with Crippen molar-refractivity contribution in [2.24, 2.45) is 0 Å². The molecule has 0 radical (unpaired) electrons. The molecular formula is CH3NOS2. The Morgan fingerprint density at radius 3 is 2.60 bits per heavy atom. The zero-order chi connectivity index (χ0) is 4.12. The van der Waals surface area contributed by atoms with E-state index in [1.807, 2.05) is 0 Å². The molecule has 30 valence electrons. The van der Waals surface area contributed by atoms with E-state index in [-0.39, 0.29) is 0 Å². The molecule has 2 N–H and O–H groups in total. The van der Waals surface area contributed by atoms with Crippen molar-refractivity contribution in [3.8, 4) is 0 Å². The lowest BCUT2D eigenvalue weighted by Gasteiger charge is -1.78. The average Bonchev–Trinajstić information content (AvgIpc) is 1.41. The fourth-order valence-corrected chi connectivity index (χ4v) is 0.194. The lowest BCUT2D eigenvalue weighted by Crippen LogP contribution is -1.92. The van der Waals surface area contributed by atoms with Gasteiger partial charge in [0.1, 0.15) is 12.2 Å². The maximum absolute atomic E-state index is 7.77. The number of rotatable bonds is 2. The van der Waals surface area contributed by atoms with Crippen molar-refractivity contribution in [2.45, 2.75) is 0 Å². The van der Waals surface area contributed by atoms with Gasteiger partial charge in [-0.1, -0.05) is 12.2 Å². The second kappa shape index (κ2) is 4.20. The molecule has 0 rings (SSSR count). The van der Waals surface area contributed by atoms with Crippen LogP contribution in [0.5, 0.6) is 0 Å². The first-order chi connectivity index (χ1) is 2.41. The van der Waals surface area contributed by atoms with Crippen LogP contribution in [0.15, 0.2) is 0 Å². The summed E-state index contributed by atoms with van der Waals surface area (Å²) in [5.74, 6) is 0. The van der Waals surface area contributed by atoms with E-state index in [9.17, 15) is 0 Å². The van der Waals surface area contributed by atoms with Crippen molar-refractivity contribution >= 4 is 29.9 Å². The Hall–Kier alpha value is 0.200. The number of thiocarbonyl (C=S) groups is 1. The predicted octanol–water partition coefficient (Wildman–Crippen LogP) is 0.654. The fraction of sp³-hybridized carbons (Fsp3) is 0. The summed E-state index contributed by atoms with van der Waals surface area (Å²) >= 11 is 4.73. The monoisotopic (exact) mass is 109 g/mol. The van der Waals surface area contributed by atoms with Crippen molar-refractivity contribution in [1.82, 2.24) is 4.72 Å². The van der Waals surface area contributed by atoms with Crippen LogP contribution in [0.3, 0.4) is 0 Å². The van der Waals surface area contributed by atoms with Crippen molar-refractivity contribution in [3.63, 3.8) is 0 Å². The van der Waals surface area contributed by atoms with Crippen LogP contribution >= 0.6 is 24.4 Å². The van der Waals surface area contributed by atoms with Crippen LogP contribution < -0.4 is 4.72 Å². The Labute approximate surface area is 39.9 Å². The highest BCUT2D eigenvalue weighted by Gasteiger charge is 1.58. The van der Waals surface area contributed by atoms with Gasteiger partial charge in [-0.05, 0) is 0 Å². The summed E-state index contributed by atoms with van der Waals surface area (Å²) < 4.78 is 10.0. The second-order valence-corrected chi connectivity index (χ2v) is 0.981. The molecule has 0 unspecified atom stereocenters. The molecule has 0 heterocycles. The second-order valence-electron chi connectivity index (χ2n) is 0.327. The molecule has 0 atom stereocenters. The molecule has 0 saturated carbocycles. The molecule has 0 amide bonds. The van der Waals surface area contributed by atoms with Crippen LogP contribution in [0.2, 0.25) is 0 Å². The molecule has 0 saturated heterocycles. The number of hydrogen-bond donors (Lipinski definition) is 2. The number of hydrogen-bond acceptors (Lipinski definition) is 3. The van der Waals surface area contributed by atoms with Crippen LogP contribution in [0.1, 0.15) is 0 Å². The van der Waals surface area contributed by atoms with Crippen LogP contribution in [0.4, 0.5) is 0 Å². The van der Waals surface area contributed by atoms with Crippen LogP contribution in [0.25, 0.3) is 0 Å². The van der Waals surface area contributed by atoms with Crippen molar-refractivity contribution in [3.05, 3.63) is 0 Å². The molecule has 0 aliphatic carbocycles. The van der Waals surface area contributed by atoms with Gasteiger partial charge in [0.15, 0.2) is 0 Å². The molecule has 2 nitrogen and oxygen atoms in total. The van der Waals surface area contributed by atoms with Crippen LogP contribution in [-0.4, -0.2) is 10.0 Å². The summed E-state index contributed by atoms with van der Waals surface area (Å²) in [6.07, 6.45) is 0. The van der Waals surface area contributed by atoms with Gasteiger partial charge in [0.25, 0.3) is 0 Å². The maximum atomic E-state index is 7.77. The molecule has 0 aliphatic heterocycles. The Morgan fingerprint density at radius 1 is 2.00 bits per heavy atom. The molecule has 0 aromatic carbocycles. The van der Waals surface area contributed by atoms with E-state index in [2.05, 4.69) is 16.9 Å². The molecule has 0 fully saturated rings. The van der Waals surface area contributed by atoms with Crippen LogP contribution in [0, 0.1) is 0 Å². The summed E-state index contributed by atoms with van der Waals surface area (Å²) in [5, 5.41) is 0. The Bertz CT molecular complexity index is 30.8. The SMILES string of the molecule is OSNC=S. The normalized spacial score (nSPS) is 6.60. The van der Waals surface area contributed by atoms with Crippen LogP contribution in [-0.2, 0) is 0 Å². The molecule has 0 spiro atoms. The topological polar surface area (TPSA) is 32.3 Å². The smallest absolute Gasteiger partial charge is 0.108 e. The van der Waals surface area contributed by atoms with E-state index in [1.165, 1.54) is 5.49 Å². The van der Waals surface area contributed by atoms with E-state index in [0.717, 1.165) is 0 Å². The summed E-state index contributed by atoms with van der Waals surface area (Å²) in [6, 6.07) is 0. The Morgan fingerprint density at radius 2 is 2.60 bits per heavy atom. The highest BCUT2D eigenvalue weighted by atomic mass is 32.2. The van der Waals surface area contributed by atoms with Gasteiger partial charge in [-0.25, -0.2) is 0 Å². The van der Waals surface area contributed by atoms with Gasteiger partial charge < -0.3 is 9.27 Å². The first-order valence-electron chi connectivity index (χ1n) is 0.911. The minimum atomic E-state index is 0.492. The van der Waals surface area contributed by atoms with Crippen molar-refractivity contribution in [1.29, 1.82) is 0 Å². The quantitative estimate of drug-likeness (QED) is 0.310. The molecular weight excluding hydrogens is 106 g/mol. The molecule has 0 bridgehead atoms. The first-order valence-corrected chi connectivity index (χ1v) is 2.16. The van der Waals surface area contributed by atoms with E-state index in [4.69, 9.17) is 4.55 Å². The first kappa shape index (κ1) is 5.20. The van der Waals surface area contributed by atoms with E-state index in [1.54, 1.807) is 0 Å². The van der Waals surface area contributed by atoms with E-state index >= 15 is 0 Å². The predicted molar refractivity (Wildman–Crippen MR) is 27.0 cm³/mol. The largest absolute Gasteiger partial charge is 0.312 e. The summed E-state index contributed by atoms with van der Waals surface area (Å²) in [6.45, 7) is 0. The van der Waals surface area contributed by atoms with E-state index < -0.39 is 0 Å². The third kappa shape index (κ3) is 4.20. The minimum absolute atomic E-state index is 0.492. The van der Waals surface area contributed by atoms with Gasteiger partial charge in [0, 0.05) is 0 Å². The summed E-state index contributed by atoms with van der Waals surface area (Å²) in [5.41, 5.74) is 1.23. The Balaban J connectivity index is 2.40. The summed E-state index contributed by atoms with van der Waals surface area (Å²) in [4.78, 5) is 0. The van der Waals surface area contributed by atoms with E-state index in [0.29, 0.717) is 12.2 Å². The third-order valence-electron chi connectivity index (χ3n) is 0.101. The standard InChI is InChI=1S/CH3NOS2/c3-5-2-1-4/h1,3H,(H,2,4). The van der Waals surface area contributed by atoms with Gasteiger partial charge >= 0.3 is 0 Å². The summed E-state index contributed by atoms with van der Waals surface area (Å²) in [7, 11) is 0. The van der Waals surface area contributed by atoms with Gasteiger partial charge in [-0.3, -0.25) is 0 Å². The molecule has 0 aromatic heterocycles. The third-order valence-corrected chi connectivity index (χ3v) is 0.591. The van der Waals surface area contributed by atoms with Crippen molar-refractivity contribution < 1.29 is 4.55 Å². The van der Waals surface area contributed by atoms with Gasteiger partial charge in [-0.15, -0.1) is 0 Å². The van der Waals surface area contributed by atoms with Gasteiger partial charge in [-0.2, -0.15) is 0 Å². The minimum Gasteiger partial charge on any atom is -0.312 e. The maximum Gasteiger partial charge on any atom is 0.108 e. The lowest BCUT2D eigenvalue weighted by molar-refractivity contribution is 0.661. The molecule has 0 aliphatic rings. The zero-order valence-electron chi connectivity index (χ0n) is 2.34. The van der Waals surface area contributed by atoms with Gasteiger partial charge in [0.05, 0.1) is 5.49 Å². The zero-order valence-corrected chi connectivity index (χ0v) is 3.97. The highest BCUT2D eigenvalue weighted by Crippen LogP contribution is 1.72. The molecule has 4 heteroatoms. The number of nitrogens with one attached hydrogen (secondary N) is 1.